The van der Waals surface area contributed by atoms with Crippen LogP contribution in [0.3, 0.4) is 0 Å². The third-order valence-corrected chi connectivity index (χ3v) is 4.22. The fourth-order valence-electron chi connectivity index (χ4n) is 2.67. The molecule has 0 aliphatic carbocycles. The van der Waals surface area contributed by atoms with E-state index in [4.69, 9.17) is 4.74 Å². The van der Waals surface area contributed by atoms with Crippen molar-refractivity contribution in [1.29, 1.82) is 0 Å². The number of H-pyrrole nitrogens is 1. The molecule has 7 nitrogen and oxygen atoms in total. The molecule has 2 amide bonds. The molecular weight excluding hydrogens is 444 g/mol. The number of aromatic nitrogens is 3. The Morgan fingerprint density at radius 1 is 1.22 bits per heavy atom. The number of carbonyl (C=O) groups excluding carboxylic acids is 1. The zero-order valence-electron chi connectivity index (χ0n) is 16.3. The number of anilines is 2. The lowest BCUT2D eigenvalue weighted by atomic mass is 10.2. The first-order valence-corrected chi connectivity index (χ1v) is 8.86. The normalized spacial score (nSPS) is 11.5. The molecule has 0 unspecified atom stereocenters. The molecule has 0 fully saturated rings. The number of carbonyl (C=O) groups is 1. The average Bonchev–Trinajstić information content (AvgIpc) is 3.22. The van der Waals surface area contributed by atoms with Crippen LogP contribution in [0.2, 0.25) is 0 Å². The molecule has 2 N–H and O–H groups in total. The number of benzene rings is 1. The maximum atomic E-state index is 13.5. The molecule has 170 valence electrons. The van der Waals surface area contributed by atoms with Gasteiger partial charge in [0.25, 0.3) is 6.43 Å². The van der Waals surface area contributed by atoms with E-state index < -0.39 is 42.3 Å². The molecule has 2 heterocycles. The van der Waals surface area contributed by atoms with Crippen molar-refractivity contribution in [2.24, 2.45) is 0 Å². The highest BCUT2D eigenvalue weighted by molar-refractivity contribution is 6.01. The van der Waals surface area contributed by atoms with Crippen LogP contribution < -0.4 is 15.0 Å². The Labute approximate surface area is 177 Å². The highest BCUT2D eigenvalue weighted by Gasteiger charge is 2.34. The van der Waals surface area contributed by atoms with Crippen molar-refractivity contribution in [1.82, 2.24) is 15.2 Å². The maximum Gasteiger partial charge on any atom is 0.435 e. The van der Waals surface area contributed by atoms with Crippen LogP contribution in [0.1, 0.15) is 23.4 Å². The standard InChI is InChI=1S/C19H15F6N5O2/c1-32-16-5-3-12(8-26-16)30(9-11-7-15(29-28-11)19(23,24)25)18(31)27-10-2-4-14(20)13(6-10)17(21)22/h2-8,17H,9H2,1H3,(H,27,31)(H,28,29). The van der Waals surface area contributed by atoms with Crippen LogP contribution in [0.25, 0.3) is 0 Å². The molecule has 13 heteroatoms. The van der Waals surface area contributed by atoms with Crippen LogP contribution in [-0.2, 0) is 12.7 Å². The first-order chi connectivity index (χ1) is 15.1. The highest BCUT2D eigenvalue weighted by Crippen LogP contribution is 2.29. The first-order valence-electron chi connectivity index (χ1n) is 8.86. The molecule has 0 aliphatic heterocycles. The summed E-state index contributed by atoms with van der Waals surface area (Å²) in [6, 6.07) is 5.26. The number of hydrogen-bond acceptors (Lipinski definition) is 4. The molecule has 3 aromatic rings. The predicted octanol–water partition coefficient (Wildman–Crippen LogP) is 5.15. The van der Waals surface area contributed by atoms with Gasteiger partial charge in [-0.25, -0.2) is 22.9 Å². The van der Waals surface area contributed by atoms with Gasteiger partial charge in [-0.3, -0.25) is 10.00 Å². The molecule has 32 heavy (non-hydrogen) atoms. The molecule has 1 aromatic carbocycles. The van der Waals surface area contributed by atoms with Gasteiger partial charge in [-0.05, 0) is 30.3 Å². The molecule has 0 saturated heterocycles. The summed E-state index contributed by atoms with van der Waals surface area (Å²) in [7, 11) is 1.37. The molecule has 2 aromatic heterocycles. The summed E-state index contributed by atoms with van der Waals surface area (Å²) in [4.78, 5) is 17.8. The number of pyridine rings is 1. The van der Waals surface area contributed by atoms with Crippen LogP contribution >= 0.6 is 0 Å². The number of amides is 2. The average molecular weight is 459 g/mol. The quantitative estimate of drug-likeness (QED) is 0.500. The van der Waals surface area contributed by atoms with Crippen LogP contribution in [-0.4, -0.2) is 28.3 Å². The number of alkyl halides is 5. The zero-order valence-corrected chi connectivity index (χ0v) is 16.3. The molecule has 0 saturated carbocycles. The molecule has 0 aliphatic rings. The first kappa shape index (κ1) is 22.9. The number of aromatic amines is 1. The minimum Gasteiger partial charge on any atom is -0.481 e. The SMILES string of the molecule is COc1ccc(N(Cc2cc(C(F)(F)F)n[nH]2)C(=O)Nc2ccc(F)c(C(F)F)c2)cn1. The van der Waals surface area contributed by atoms with Gasteiger partial charge < -0.3 is 10.1 Å². The largest absolute Gasteiger partial charge is 0.481 e. The van der Waals surface area contributed by atoms with E-state index in [0.717, 1.165) is 29.2 Å². The summed E-state index contributed by atoms with van der Waals surface area (Å²) in [5.74, 6) is -0.929. The Kier molecular flexibility index (Phi) is 6.55. The topological polar surface area (TPSA) is 83.1 Å². The van der Waals surface area contributed by atoms with Gasteiger partial charge in [0, 0.05) is 11.8 Å². The number of methoxy groups -OCH3 is 1. The minimum absolute atomic E-state index is 0.0596. The second kappa shape index (κ2) is 9.16. The number of ether oxygens (including phenoxy) is 1. The highest BCUT2D eigenvalue weighted by atomic mass is 19.4. The lowest BCUT2D eigenvalue weighted by Gasteiger charge is -2.22. The smallest absolute Gasteiger partial charge is 0.435 e. The number of nitrogens with zero attached hydrogens (tertiary/aromatic N) is 3. The van der Waals surface area contributed by atoms with E-state index in [0.29, 0.717) is 0 Å². The number of nitrogens with one attached hydrogen (secondary N) is 2. The van der Waals surface area contributed by atoms with Crippen molar-refractivity contribution >= 4 is 17.4 Å². The van der Waals surface area contributed by atoms with Gasteiger partial charge in [-0.1, -0.05) is 0 Å². The molecule has 0 bridgehead atoms. The van der Waals surface area contributed by atoms with E-state index in [-0.39, 0.29) is 22.9 Å². The Hall–Kier alpha value is -3.77. The fraction of sp³-hybridized carbons (Fsp3) is 0.211. The summed E-state index contributed by atoms with van der Waals surface area (Å²) in [5.41, 5.74) is -2.14. The molecule has 0 atom stereocenters. The Morgan fingerprint density at radius 3 is 2.53 bits per heavy atom. The Morgan fingerprint density at radius 2 is 1.97 bits per heavy atom. The van der Waals surface area contributed by atoms with Gasteiger partial charge >= 0.3 is 12.2 Å². The van der Waals surface area contributed by atoms with Crippen LogP contribution in [0, 0.1) is 5.82 Å². The van der Waals surface area contributed by atoms with E-state index in [2.05, 4.69) is 20.5 Å². The van der Waals surface area contributed by atoms with Gasteiger partial charge in [0.05, 0.1) is 36.8 Å². The summed E-state index contributed by atoms with van der Waals surface area (Å²) in [6.07, 6.45) is -6.57. The predicted molar refractivity (Wildman–Crippen MR) is 101 cm³/mol. The van der Waals surface area contributed by atoms with Crippen LogP contribution in [0.4, 0.5) is 42.5 Å². The second-order valence-corrected chi connectivity index (χ2v) is 6.39. The summed E-state index contributed by atoms with van der Waals surface area (Å²) >= 11 is 0. The van der Waals surface area contributed by atoms with Crippen LogP contribution in [0.15, 0.2) is 42.6 Å². The van der Waals surface area contributed by atoms with Crippen molar-refractivity contribution in [2.75, 3.05) is 17.3 Å². The Balaban J connectivity index is 1.90. The third-order valence-electron chi connectivity index (χ3n) is 4.22. The lowest BCUT2D eigenvalue weighted by Crippen LogP contribution is -2.34. The van der Waals surface area contributed by atoms with Crippen molar-refractivity contribution in [3.8, 4) is 5.88 Å². The van der Waals surface area contributed by atoms with Gasteiger partial charge in [0.15, 0.2) is 5.69 Å². The number of halogens is 6. The van der Waals surface area contributed by atoms with E-state index in [1.807, 2.05) is 0 Å². The van der Waals surface area contributed by atoms with Crippen molar-refractivity contribution in [3.63, 3.8) is 0 Å². The minimum atomic E-state index is -4.69. The molecular formula is C19H15F6N5O2. The Bertz CT molecular complexity index is 1080. The monoisotopic (exact) mass is 459 g/mol. The zero-order chi connectivity index (χ0) is 23.5. The van der Waals surface area contributed by atoms with Crippen LogP contribution in [0.5, 0.6) is 5.88 Å². The lowest BCUT2D eigenvalue weighted by molar-refractivity contribution is -0.141. The van der Waals surface area contributed by atoms with Gasteiger partial charge in [0.2, 0.25) is 5.88 Å². The number of hydrogen-bond donors (Lipinski definition) is 2. The van der Waals surface area contributed by atoms with E-state index in [1.165, 1.54) is 25.4 Å². The summed E-state index contributed by atoms with van der Waals surface area (Å²) < 4.78 is 82.8. The van der Waals surface area contributed by atoms with Crippen molar-refractivity contribution in [2.45, 2.75) is 19.1 Å². The summed E-state index contributed by atoms with van der Waals surface area (Å²) in [5, 5.41) is 7.70. The van der Waals surface area contributed by atoms with Gasteiger partial charge in [-0.2, -0.15) is 18.3 Å². The van der Waals surface area contributed by atoms with Crippen molar-refractivity contribution < 1.29 is 35.9 Å². The maximum absolute atomic E-state index is 13.5. The van der Waals surface area contributed by atoms with Gasteiger partial charge in [-0.15, -0.1) is 0 Å². The molecule has 0 radical (unpaired) electrons. The fourth-order valence-corrected chi connectivity index (χ4v) is 2.67. The number of rotatable bonds is 6. The second-order valence-electron chi connectivity index (χ2n) is 6.39. The molecule has 3 rings (SSSR count). The van der Waals surface area contributed by atoms with E-state index >= 15 is 0 Å². The van der Waals surface area contributed by atoms with Gasteiger partial charge in [0.1, 0.15) is 5.82 Å². The third kappa shape index (κ3) is 5.28. The molecule has 0 spiro atoms. The van der Waals surface area contributed by atoms with Crippen molar-refractivity contribution in [3.05, 3.63) is 65.4 Å². The summed E-state index contributed by atoms with van der Waals surface area (Å²) in [6.45, 7) is -0.397. The van der Waals surface area contributed by atoms with E-state index in [9.17, 15) is 31.1 Å². The van der Waals surface area contributed by atoms with E-state index in [1.54, 1.807) is 0 Å². The number of urea groups is 1.